The van der Waals surface area contributed by atoms with Crippen molar-refractivity contribution in [3.05, 3.63) is 54.1 Å². The van der Waals surface area contributed by atoms with Gasteiger partial charge in [-0.3, -0.25) is 0 Å². The van der Waals surface area contributed by atoms with Gasteiger partial charge in [0.2, 0.25) is 5.95 Å². The summed E-state index contributed by atoms with van der Waals surface area (Å²) in [6, 6.07) is 9.99. The maximum absolute atomic E-state index is 12.1. The van der Waals surface area contributed by atoms with Gasteiger partial charge in [0.05, 0.1) is 18.6 Å². The van der Waals surface area contributed by atoms with Crippen molar-refractivity contribution in [3.8, 4) is 5.69 Å². The number of nitrogens with zero attached hydrogens (tertiary/aromatic N) is 7. The summed E-state index contributed by atoms with van der Waals surface area (Å²) < 4.78 is 8.83. The molecule has 3 N–H and O–H groups in total. The fourth-order valence-corrected chi connectivity index (χ4v) is 4.48. The number of piperidine rings is 1. The Morgan fingerprint density at radius 2 is 1.97 bits per heavy atom. The lowest BCUT2D eigenvalue weighted by molar-refractivity contribution is 0.0519. The van der Waals surface area contributed by atoms with Crippen molar-refractivity contribution in [2.24, 2.45) is 5.73 Å². The van der Waals surface area contributed by atoms with E-state index in [4.69, 9.17) is 20.4 Å². The molecule has 0 unspecified atom stereocenters. The minimum atomic E-state index is -0.438. The first-order chi connectivity index (χ1) is 17.9. The number of ether oxygens (including phenoxy) is 1. The Labute approximate surface area is 215 Å². The molecule has 0 spiro atoms. The molecule has 0 saturated carbocycles. The summed E-state index contributed by atoms with van der Waals surface area (Å²) in [5.74, 6) is 0.924. The second-order valence-electron chi connectivity index (χ2n) is 9.46. The van der Waals surface area contributed by atoms with E-state index in [1.54, 1.807) is 23.9 Å². The molecule has 1 fully saturated rings. The molecule has 5 rings (SSSR count). The minimum Gasteiger partial charge on any atom is -0.461 e. The third-order valence-corrected chi connectivity index (χ3v) is 6.55. The predicted molar refractivity (Wildman–Crippen MR) is 142 cm³/mol. The van der Waals surface area contributed by atoms with Crippen molar-refractivity contribution in [3.63, 3.8) is 0 Å². The van der Waals surface area contributed by atoms with Crippen LogP contribution in [-0.4, -0.2) is 61.0 Å². The van der Waals surface area contributed by atoms with Crippen LogP contribution in [0.5, 0.6) is 0 Å². The van der Waals surface area contributed by atoms with Crippen LogP contribution in [0.15, 0.2) is 42.9 Å². The summed E-state index contributed by atoms with van der Waals surface area (Å²) in [6.07, 6.45) is 5.41. The second kappa shape index (κ2) is 10.6. The van der Waals surface area contributed by atoms with Crippen molar-refractivity contribution in [1.29, 1.82) is 0 Å². The number of esters is 1. The normalized spacial score (nSPS) is 14.5. The van der Waals surface area contributed by atoms with Crippen LogP contribution in [0.1, 0.15) is 55.7 Å². The predicted octanol–water partition coefficient (Wildman–Crippen LogP) is 3.31. The zero-order chi connectivity index (χ0) is 25.9. The molecule has 1 aliphatic rings. The van der Waals surface area contributed by atoms with Gasteiger partial charge in [-0.05, 0) is 51.3 Å². The molecule has 37 heavy (non-hydrogen) atoms. The molecule has 0 radical (unpaired) electrons. The van der Waals surface area contributed by atoms with Crippen LogP contribution in [0.2, 0.25) is 0 Å². The molecule has 1 saturated heterocycles. The fourth-order valence-electron chi connectivity index (χ4n) is 4.48. The van der Waals surface area contributed by atoms with Gasteiger partial charge in [0.25, 0.3) is 0 Å². The van der Waals surface area contributed by atoms with E-state index in [1.165, 1.54) is 0 Å². The molecule has 0 bridgehead atoms. The first-order valence-corrected chi connectivity index (χ1v) is 12.7. The Morgan fingerprint density at radius 1 is 1.19 bits per heavy atom. The first kappa shape index (κ1) is 24.7. The average Bonchev–Trinajstić information content (AvgIpc) is 3.56. The van der Waals surface area contributed by atoms with Crippen molar-refractivity contribution < 1.29 is 9.53 Å². The quantitative estimate of drug-likeness (QED) is 0.348. The van der Waals surface area contributed by atoms with Crippen LogP contribution in [0.4, 0.5) is 11.8 Å². The van der Waals surface area contributed by atoms with Crippen LogP contribution in [0.3, 0.4) is 0 Å². The largest absolute Gasteiger partial charge is 0.461 e. The van der Waals surface area contributed by atoms with E-state index in [0.29, 0.717) is 24.9 Å². The van der Waals surface area contributed by atoms with Gasteiger partial charge in [-0.1, -0.05) is 18.2 Å². The van der Waals surface area contributed by atoms with Gasteiger partial charge < -0.3 is 25.3 Å². The number of hydrogen-bond acceptors (Lipinski definition) is 9. The van der Waals surface area contributed by atoms with Crippen molar-refractivity contribution >= 4 is 28.9 Å². The van der Waals surface area contributed by atoms with E-state index in [-0.39, 0.29) is 17.8 Å². The van der Waals surface area contributed by atoms with Crippen molar-refractivity contribution in [2.75, 3.05) is 29.9 Å². The Bertz CT molecular complexity index is 1390. The van der Waals surface area contributed by atoms with Gasteiger partial charge in [0.1, 0.15) is 0 Å². The molecular weight excluding hydrogens is 470 g/mol. The zero-order valence-corrected chi connectivity index (χ0v) is 21.5. The van der Waals surface area contributed by atoms with Crippen molar-refractivity contribution in [1.82, 2.24) is 29.3 Å². The molecule has 0 aliphatic carbocycles. The average molecular weight is 504 g/mol. The molecule has 1 aliphatic heterocycles. The van der Waals surface area contributed by atoms with Crippen LogP contribution in [-0.2, 0) is 11.3 Å². The number of nitrogens with one attached hydrogen (secondary N) is 1. The molecule has 4 heterocycles. The molecule has 194 valence electrons. The second-order valence-corrected chi connectivity index (χ2v) is 9.46. The number of aromatic nitrogens is 6. The van der Waals surface area contributed by atoms with Crippen LogP contribution in [0, 0.1) is 0 Å². The molecule has 0 atom stereocenters. The van der Waals surface area contributed by atoms with Crippen molar-refractivity contribution in [2.45, 2.75) is 52.2 Å². The lowest BCUT2D eigenvalue weighted by atomic mass is 10.1. The lowest BCUT2D eigenvalue weighted by Gasteiger charge is -2.30. The Hall–Kier alpha value is -3.99. The molecule has 0 amide bonds. The van der Waals surface area contributed by atoms with Gasteiger partial charge in [-0.25, -0.2) is 14.5 Å². The lowest BCUT2D eigenvalue weighted by Crippen LogP contribution is -2.40. The van der Waals surface area contributed by atoms with Gasteiger partial charge in [0, 0.05) is 37.9 Å². The molecule has 11 heteroatoms. The highest BCUT2D eigenvalue weighted by Gasteiger charge is 2.22. The number of benzene rings is 1. The van der Waals surface area contributed by atoms with Crippen LogP contribution >= 0.6 is 0 Å². The number of hydrogen-bond donors (Lipinski definition) is 2. The van der Waals surface area contributed by atoms with E-state index >= 15 is 0 Å². The van der Waals surface area contributed by atoms with Gasteiger partial charge >= 0.3 is 5.97 Å². The van der Waals surface area contributed by atoms with E-state index in [0.717, 1.165) is 48.3 Å². The number of rotatable bonds is 8. The Balaban J connectivity index is 1.45. The van der Waals surface area contributed by atoms with Gasteiger partial charge in [-0.15, -0.1) is 0 Å². The number of fused-ring (bicyclic) bond motifs is 1. The molecular formula is C26H33N9O2. The third-order valence-electron chi connectivity index (χ3n) is 6.55. The van der Waals surface area contributed by atoms with Crippen LogP contribution in [0.25, 0.3) is 16.9 Å². The third kappa shape index (κ3) is 5.12. The van der Waals surface area contributed by atoms with E-state index in [9.17, 15) is 4.79 Å². The van der Waals surface area contributed by atoms with E-state index in [2.05, 4.69) is 38.7 Å². The van der Waals surface area contributed by atoms with Crippen LogP contribution < -0.4 is 16.0 Å². The zero-order valence-electron chi connectivity index (χ0n) is 21.5. The summed E-state index contributed by atoms with van der Waals surface area (Å²) in [7, 11) is 0. The fraction of sp³-hybridized carbons (Fsp3) is 0.423. The first-order valence-electron chi connectivity index (χ1n) is 12.7. The van der Waals surface area contributed by atoms with E-state index in [1.807, 2.05) is 30.6 Å². The molecule has 1 aromatic carbocycles. The molecule has 4 aromatic rings. The summed E-state index contributed by atoms with van der Waals surface area (Å²) in [4.78, 5) is 28.7. The maximum atomic E-state index is 12.1. The van der Waals surface area contributed by atoms with E-state index < -0.39 is 5.97 Å². The highest BCUT2D eigenvalue weighted by Crippen LogP contribution is 2.27. The number of imidazole rings is 1. The van der Waals surface area contributed by atoms with Gasteiger partial charge in [-0.2, -0.15) is 15.1 Å². The number of carbonyl (C=O) groups is 1. The number of nitrogens with two attached hydrogens (primary N) is 1. The maximum Gasteiger partial charge on any atom is 0.358 e. The highest BCUT2D eigenvalue weighted by molar-refractivity contribution is 5.87. The minimum absolute atomic E-state index is 0.213. The SMILES string of the molecule is CCOC(=O)c1ccn(-c2ccccc2CNc2nc(N3CCC(N)CC3)nc3c2ncn3C(C)C)n1. The summed E-state index contributed by atoms with van der Waals surface area (Å²) in [5, 5.41) is 7.92. The summed E-state index contributed by atoms with van der Waals surface area (Å²) in [6.45, 7) is 8.44. The molecule has 3 aromatic heterocycles. The smallest absolute Gasteiger partial charge is 0.358 e. The summed E-state index contributed by atoms with van der Waals surface area (Å²) in [5.41, 5.74) is 9.77. The number of anilines is 2. The Kier molecular flexibility index (Phi) is 7.04. The highest BCUT2D eigenvalue weighted by atomic mass is 16.5. The van der Waals surface area contributed by atoms with Gasteiger partial charge in [0.15, 0.2) is 22.7 Å². The monoisotopic (exact) mass is 503 g/mol. The standard InChI is InChI=1S/C26H33N9O2/c1-4-37-25(36)20-11-14-35(32-20)21-8-6-5-7-18(21)15-28-23-22-24(34(16-29-22)17(2)3)31-26(30-23)33-12-9-19(27)10-13-33/h5-8,11,14,16-17,19H,4,9-10,12-13,15,27H2,1-3H3,(H,28,30,31). The summed E-state index contributed by atoms with van der Waals surface area (Å²) >= 11 is 0. The molecule has 11 nitrogen and oxygen atoms in total. The number of carbonyl (C=O) groups excluding carboxylic acids is 1. The topological polar surface area (TPSA) is 129 Å². The Morgan fingerprint density at radius 3 is 2.73 bits per heavy atom. The number of para-hydroxylation sites is 1.